The molecule has 0 unspecified atom stereocenters. The lowest BCUT2D eigenvalue weighted by molar-refractivity contribution is -0.119. The summed E-state index contributed by atoms with van der Waals surface area (Å²) in [5.41, 5.74) is 4.97. The van der Waals surface area contributed by atoms with Crippen molar-refractivity contribution in [3.05, 3.63) is 65.2 Å². The molecule has 2 aromatic rings. The number of nitrogens with two attached hydrogens (primary N) is 1. The van der Waals surface area contributed by atoms with Gasteiger partial charge in [0.2, 0.25) is 0 Å². The van der Waals surface area contributed by atoms with Crippen molar-refractivity contribution in [1.29, 1.82) is 0 Å². The number of amides is 1. The Bertz CT molecular complexity index is 805. The summed E-state index contributed by atoms with van der Waals surface area (Å²) in [5, 5.41) is 0. The molecule has 0 atom stereocenters. The monoisotopic (exact) mass is 349 g/mol. The number of benzene rings is 2. The van der Waals surface area contributed by atoms with E-state index in [1.807, 2.05) is 0 Å². The topological polar surface area (TPSA) is 95.7 Å². The van der Waals surface area contributed by atoms with Crippen molar-refractivity contribution in [1.82, 2.24) is 0 Å². The lowest BCUT2D eigenvalue weighted by Gasteiger charge is -2.06. The SMILES string of the molecule is NC(=O)COc1ccc(C(=O)OCC(=O)c2ccc(F)c(F)c2)cc1. The first kappa shape index (κ1) is 18.1. The van der Waals surface area contributed by atoms with Gasteiger partial charge in [-0.15, -0.1) is 0 Å². The molecule has 0 radical (unpaired) electrons. The molecule has 2 N–H and O–H groups in total. The van der Waals surface area contributed by atoms with E-state index >= 15 is 0 Å². The van der Waals surface area contributed by atoms with Crippen LogP contribution < -0.4 is 10.5 Å². The lowest BCUT2D eigenvalue weighted by Crippen LogP contribution is -2.20. The van der Waals surface area contributed by atoms with E-state index in [2.05, 4.69) is 0 Å². The van der Waals surface area contributed by atoms with Crippen LogP contribution in [0.3, 0.4) is 0 Å². The zero-order valence-corrected chi connectivity index (χ0v) is 12.8. The number of ketones is 1. The number of rotatable bonds is 7. The maximum absolute atomic E-state index is 13.1. The summed E-state index contributed by atoms with van der Waals surface area (Å²) in [5.74, 6) is -4.01. The van der Waals surface area contributed by atoms with E-state index in [9.17, 15) is 23.2 Å². The molecule has 0 saturated heterocycles. The molecular weight excluding hydrogens is 336 g/mol. The van der Waals surface area contributed by atoms with Crippen molar-refractivity contribution in [3.8, 4) is 5.75 Å². The highest BCUT2D eigenvalue weighted by Gasteiger charge is 2.14. The summed E-state index contributed by atoms with van der Waals surface area (Å²) in [4.78, 5) is 34.3. The molecule has 0 aliphatic rings. The van der Waals surface area contributed by atoms with Crippen molar-refractivity contribution < 1.29 is 32.6 Å². The van der Waals surface area contributed by atoms with E-state index in [1.54, 1.807) is 0 Å². The van der Waals surface area contributed by atoms with E-state index in [0.29, 0.717) is 5.75 Å². The first-order valence-corrected chi connectivity index (χ1v) is 7.03. The molecule has 0 aliphatic heterocycles. The minimum atomic E-state index is -1.16. The molecule has 0 fully saturated rings. The molecule has 0 aliphatic carbocycles. The Morgan fingerprint density at radius 2 is 1.52 bits per heavy atom. The highest BCUT2D eigenvalue weighted by molar-refractivity contribution is 5.99. The quantitative estimate of drug-likeness (QED) is 0.608. The Balaban J connectivity index is 1.92. The van der Waals surface area contributed by atoms with Gasteiger partial charge in [0.1, 0.15) is 5.75 Å². The van der Waals surface area contributed by atoms with Gasteiger partial charge in [-0.05, 0) is 42.5 Å². The van der Waals surface area contributed by atoms with Crippen LogP contribution in [0.4, 0.5) is 8.78 Å². The van der Waals surface area contributed by atoms with Gasteiger partial charge in [-0.2, -0.15) is 0 Å². The molecule has 0 saturated carbocycles. The van der Waals surface area contributed by atoms with Crippen LogP contribution in [0.15, 0.2) is 42.5 Å². The van der Waals surface area contributed by atoms with Crippen LogP contribution in [-0.4, -0.2) is 30.9 Å². The lowest BCUT2D eigenvalue weighted by atomic mass is 10.1. The Hall–Kier alpha value is -3.29. The molecule has 25 heavy (non-hydrogen) atoms. The third kappa shape index (κ3) is 5.10. The number of halogens is 2. The van der Waals surface area contributed by atoms with E-state index in [-0.39, 0.29) is 17.7 Å². The third-order valence-corrected chi connectivity index (χ3v) is 3.05. The maximum Gasteiger partial charge on any atom is 0.338 e. The summed E-state index contributed by atoms with van der Waals surface area (Å²) in [6, 6.07) is 8.25. The number of ether oxygens (including phenoxy) is 2. The van der Waals surface area contributed by atoms with Gasteiger partial charge in [-0.25, -0.2) is 13.6 Å². The Morgan fingerprint density at radius 1 is 0.880 bits per heavy atom. The van der Waals surface area contributed by atoms with Gasteiger partial charge < -0.3 is 15.2 Å². The molecule has 0 heterocycles. The number of hydrogen-bond acceptors (Lipinski definition) is 5. The van der Waals surface area contributed by atoms with Gasteiger partial charge in [-0.1, -0.05) is 0 Å². The molecule has 0 aromatic heterocycles. The molecular formula is C17H13F2NO5. The van der Waals surface area contributed by atoms with Crippen LogP contribution >= 0.6 is 0 Å². The van der Waals surface area contributed by atoms with E-state index < -0.39 is 35.9 Å². The second-order valence-corrected chi connectivity index (χ2v) is 4.91. The summed E-state index contributed by atoms with van der Waals surface area (Å²) < 4.78 is 35.8. The maximum atomic E-state index is 13.1. The highest BCUT2D eigenvalue weighted by atomic mass is 19.2. The van der Waals surface area contributed by atoms with Crippen LogP contribution in [-0.2, 0) is 9.53 Å². The zero-order valence-electron chi connectivity index (χ0n) is 12.8. The second-order valence-electron chi connectivity index (χ2n) is 4.91. The molecule has 1 amide bonds. The van der Waals surface area contributed by atoms with Gasteiger partial charge in [0, 0.05) is 5.56 Å². The smallest absolute Gasteiger partial charge is 0.338 e. The average molecular weight is 349 g/mol. The highest BCUT2D eigenvalue weighted by Crippen LogP contribution is 2.14. The van der Waals surface area contributed by atoms with Crippen LogP contribution in [0.25, 0.3) is 0 Å². The van der Waals surface area contributed by atoms with Crippen LogP contribution in [0.1, 0.15) is 20.7 Å². The van der Waals surface area contributed by atoms with Gasteiger partial charge >= 0.3 is 5.97 Å². The predicted octanol–water partition coefficient (Wildman–Crippen LogP) is 1.87. The third-order valence-electron chi connectivity index (χ3n) is 3.05. The number of esters is 1. The number of Topliss-reactive ketones (excluding diaryl/α,β-unsaturated/α-hetero) is 1. The van der Waals surface area contributed by atoms with Gasteiger partial charge in [0.15, 0.2) is 30.6 Å². The predicted molar refractivity (Wildman–Crippen MR) is 82.1 cm³/mol. The van der Waals surface area contributed by atoms with Crippen molar-refractivity contribution in [2.24, 2.45) is 5.73 Å². The average Bonchev–Trinajstić information content (AvgIpc) is 2.60. The molecule has 2 aromatic carbocycles. The summed E-state index contributed by atoms with van der Waals surface area (Å²) in [6.45, 7) is -0.920. The fourth-order valence-electron chi connectivity index (χ4n) is 1.81. The fourth-order valence-corrected chi connectivity index (χ4v) is 1.81. The van der Waals surface area contributed by atoms with Gasteiger partial charge in [0.05, 0.1) is 5.56 Å². The normalized spacial score (nSPS) is 10.2. The molecule has 130 valence electrons. The summed E-state index contributed by atoms with van der Waals surface area (Å²) >= 11 is 0. The second kappa shape index (κ2) is 8.00. The van der Waals surface area contributed by atoms with Crippen molar-refractivity contribution in [2.75, 3.05) is 13.2 Å². The van der Waals surface area contributed by atoms with E-state index in [0.717, 1.165) is 18.2 Å². The van der Waals surface area contributed by atoms with E-state index in [4.69, 9.17) is 15.2 Å². The van der Waals surface area contributed by atoms with Crippen LogP contribution in [0.5, 0.6) is 5.75 Å². The first-order chi connectivity index (χ1) is 11.9. The number of carbonyl (C=O) groups is 3. The van der Waals surface area contributed by atoms with E-state index in [1.165, 1.54) is 24.3 Å². The van der Waals surface area contributed by atoms with Crippen molar-refractivity contribution in [3.63, 3.8) is 0 Å². The first-order valence-electron chi connectivity index (χ1n) is 7.03. The van der Waals surface area contributed by atoms with Gasteiger partial charge in [-0.3, -0.25) is 9.59 Å². The fraction of sp³-hybridized carbons (Fsp3) is 0.118. The molecule has 0 spiro atoms. The van der Waals surface area contributed by atoms with Crippen molar-refractivity contribution in [2.45, 2.75) is 0 Å². The van der Waals surface area contributed by atoms with Crippen LogP contribution in [0, 0.1) is 11.6 Å². The molecule has 8 heteroatoms. The minimum absolute atomic E-state index is 0.109. The van der Waals surface area contributed by atoms with Gasteiger partial charge in [0.25, 0.3) is 5.91 Å². The standard InChI is InChI=1S/C17H13F2NO5/c18-13-6-3-11(7-14(13)19)15(21)8-25-17(23)10-1-4-12(5-2-10)24-9-16(20)22/h1-7H,8-9H2,(H2,20,22). The Kier molecular flexibility index (Phi) is 5.78. The summed E-state index contributed by atoms with van der Waals surface area (Å²) in [7, 11) is 0. The number of carbonyl (C=O) groups excluding carboxylic acids is 3. The summed E-state index contributed by atoms with van der Waals surface area (Å²) in [6.07, 6.45) is 0. The number of hydrogen-bond donors (Lipinski definition) is 1. The van der Waals surface area contributed by atoms with Crippen LogP contribution in [0.2, 0.25) is 0 Å². The molecule has 0 bridgehead atoms. The van der Waals surface area contributed by atoms with Crippen molar-refractivity contribution >= 4 is 17.7 Å². The Labute approximate surface area is 141 Å². The Morgan fingerprint density at radius 3 is 2.12 bits per heavy atom. The zero-order chi connectivity index (χ0) is 18.4. The number of primary amides is 1. The largest absolute Gasteiger partial charge is 0.484 e. The minimum Gasteiger partial charge on any atom is -0.484 e. The molecule has 2 rings (SSSR count). The molecule has 6 nitrogen and oxygen atoms in total.